The Bertz CT molecular complexity index is 668. The van der Waals surface area contributed by atoms with Crippen LogP contribution < -0.4 is 10.2 Å². The van der Waals surface area contributed by atoms with Gasteiger partial charge in [0.15, 0.2) is 5.84 Å². The Labute approximate surface area is 120 Å². The van der Waals surface area contributed by atoms with E-state index in [1.807, 2.05) is 5.48 Å². The number of nitro benzene ring substituents is 1. The number of nitro groups is 1. The van der Waals surface area contributed by atoms with Crippen LogP contribution in [-0.4, -0.2) is 23.1 Å². The first-order valence-corrected chi connectivity index (χ1v) is 6.01. The number of aliphatic imine (C=N–C) groups is 1. The molecule has 0 heterocycles. The topological polar surface area (TPSA) is 97.0 Å². The number of nitrogens with zero attached hydrogens (tertiary/aromatic N) is 2. The van der Waals surface area contributed by atoms with Crippen LogP contribution in [0, 0.1) is 10.1 Å². The molecule has 0 saturated carbocycles. The number of non-ortho nitro benzene ring substituents is 1. The average molecular weight is 287 g/mol. The van der Waals surface area contributed by atoms with E-state index in [0.29, 0.717) is 17.0 Å². The Hall–Kier alpha value is -2.93. The molecule has 108 valence electrons. The van der Waals surface area contributed by atoms with Gasteiger partial charge in [-0.2, -0.15) is 0 Å². The first-order chi connectivity index (χ1) is 10.1. The first kappa shape index (κ1) is 14.5. The molecule has 0 spiro atoms. The fraction of sp³-hybridized carbons (Fsp3) is 0.0714. The summed E-state index contributed by atoms with van der Waals surface area (Å²) in [6.07, 6.45) is 0. The number of hydrogen-bond acceptors (Lipinski definition) is 5. The second-order valence-electron chi connectivity index (χ2n) is 4.08. The minimum atomic E-state index is -0.508. The summed E-state index contributed by atoms with van der Waals surface area (Å²) in [6.45, 7) is 0. The Kier molecular flexibility index (Phi) is 4.47. The SMILES string of the molecule is COc1ccc(N=C(NO)c2cccc([N+](=O)[O-])c2)cc1. The second kappa shape index (κ2) is 6.49. The lowest BCUT2D eigenvalue weighted by molar-refractivity contribution is -0.384. The van der Waals surface area contributed by atoms with Gasteiger partial charge in [0.25, 0.3) is 5.69 Å². The van der Waals surface area contributed by atoms with Gasteiger partial charge >= 0.3 is 0 Å². The summed E-state index contributed by atoms with van der Waals surface area (Å²) in [6, 6.07) is 12.7. The Morgan fingerprint density at radius 2 is 2.00 bits per heavy atom. The van der Waals surface area contributed by atoms with Crippen molar-refractivity contribution < 1.29 is 14.9 Å². The number of rotatable bonds is 4. The van der Waals surface area contributed by atoms with Crippen molar-refractivity contribution in [1.29, 1.82) is 0 Å². The quantitative estimate of drug-likeness (QED) is 0.390. The van der Waals surface area contributed by atoms with Crippen molar-refractivity contribution in [1.82, 2.24) is 5.48 Å². The van der Waals surface area contributed by atoms with Crippen LogP contribution >= 0.6 is 0 Å². The molecule has 0 amide bonds. The number of hydroxylamine groups is 1. The summed E-state index contributed by atoms with van der Waals surface area (Å²) in [5, 5.41) is 20.0. The van der Waals surface area contributed by atoms with Crippen molar-refractivity contribution in [3.8, 4) is 5.75 Å². The van der Waals surface area contributed by atoms with Crippen LogP contribution in [0.25, 0.3) is 0 Å². The van der Waals surface area contributed by atoms with Crippen molar-refractivity contribution in [2.24, 2.45) is 4.99 Å². The molecule has 2 N–H and O–H groups in total. The van der Waals surface area contributed by atoms with Crippen LogP contribution in [0.3, 0.4) is 0 Å². The predicted octanol–water partition coefficient (Wildman–Crippen LogP) is 2.66. The highest BCUT2D eigenvalue weighted by atomic mass is 16.6. The molecule has 0 unspecified atom stereocenters. The van der Waals surface area contributed by atoms with Gasteiger partial charge in [-0.05, 0) is 24.3 Å². The molecule has 7 heteroatoms. The maximum atomic E-state index is 10.8. The van der Waals surface area contributed by atoms with Gasteiger partial charge in [-0.25, -0.2) is 4.99 Å². The molecular formula is C14H13N3O4. The summed E-state index contributed by atoms with van der Waals surface area (Å²) in [5.41, 5.74) is 2.85. The van der Waals surface area contributed by atoms with Gasteiger partial charge in [-0.3, -0.25) is 20.8 Å². The number of hydrogen-bond donors (Lipinski definition) is 2. The molecule has 2 aromatic rings. The van der Waals surface area contributed by atoms with Gasteiger partial charge in [-0.15, -0.1) is 0 Å². The van der Waals surface area contributed by atoms with E-state index < -0.39 is 4.92 Å². The molecule has 0 bridgehead atoms. The molecule has 0 atom stereocenters. The van der Waals surface area contributed by atoms with E-state index in [1.165, 1.54) is 18.2 Å². The molecule has 0 saturated heterocycles. The third kappa shape index (κ3) is 3.54. The zero-order chi connectivity index (χ0) is 15.2. The lowest BCUT2D eigenvalue weighted by atomic mass is 10.2. The Morgan fingerprint density at radius 3 is 2.57 bits per heavy atom. The van der Waals surface area contributed by atoms with Crippen LogP contribution in [0.5, 0.6) is 5.75 Å². The first-order valence-electron chi connectivity index (χ1n) is 6.01. The Balaban J connectivity index is 2.35. The minimum Gasteiger partial charge on any atom is -0.497 e. The highest BCUT2D eigenvalue weighted by Crippen LogP contribution is 2.19. The number of amidine groups is 1. The van der Waals surface area contributed by atoms with Crippen LogP contribution in [0.1, 0.15) is 5.56 Å². The number of nitrogens with one attached hydrogen (secondary N) is 1. The van der Waals surface area contributed by atoms with Crippen molar-refractivity contribution in [2.45, 2.75) is 0 Å². The predicted molar refractivity (Wildman–Crippen MR) is 77.2 cm³/mol. The van der Waals surface area contributed by atoms with E-state index >= 15 is 0 Å². The smallest absolute Gasteiger partial charge is 0.270 e. The molecule has 0 aliphatic heterocycles. The summed E-state index contributed by atoms with van der Waals surface area (Å²) < 4.78 is 5.04. The van der Waals surface area contributed by atoms with E-state index in [1.54, 1.807) is 37.4 Å². The fourth-order valence-corrected chi connectivity index (χ4v) is 1.71. The third-order valence-electron chi connectivity index (χ3n) is 2.75. The molecule has 7 nitrogen and oxygen atoms in total. The van der Waals surface area contributed by atoms with Gasteiger partial charge in [0.1, 0.15) is 5.75 Å². The lowest BCUT2D eigenvalue weighted by Gasteiger charge is -2.05. The van der Waals surface area contributed by atoms with E-state index in [9.17, 15) is 15.3 Å². The molecule has 0 radical (unpaired) electrons. The van der Waals surface area contributed by atoms with Crippen molar-refractivity contribution in [2.75, 3.05) is 7.11 Å². The van der Waals surface area contributed by atoms with Crippen LogP contribution in [0.15, 0.2) is 53.5 Å². The number of methoxy groups -OCH3 is 1. The summed E-state index contributed by atoms with van der Waals surface area (Å²) in [4.78, 5) is 14.5. The maximum Gasteiger partial charge on any atom is 0.270 e. The van der Waals surface area contributed by atoms with Crippen molar-refractivity contribution >= 4 is 17.2 Å². The average Bonchev–Trinajstić information content (AvgIpc) is 2.53. The monoisotopic (exact) mass is 287 g/mol. The molecule has 0 aromatic heterocycles. The van der Waals surface area contributed by atoms with Gasteiger partial charge < -0.3 is 4.74 Å². The molecule has 2 aromatic carbocycles. The van der Waals surface area contributed by atoms with Gasteiger partial charge in [-0.1, -0.05) is 12.1 Å². The molecular weight excluding hydrogens is 274 g/mol. The van der Waals surface area contributed by atoms with Gasteiger partial charge in [0.2, 0.25) is 0 Å². The normalized spacial score (nSPS) is 11.0. The zero-order valence-corrected chi connectivity index (χ0v) is 11.2. The molecule has 0 aliphatic rings. The van der Waals surface area contributed by atoms with E-state index in [0.717, 1.165) is 0 Å². The van der Waals surface area contributed by atoms with Crippen LogP contribution in [-0.2, 0) is 0 Å². The number of ether oxygens (including phenoxy) is 1. The van der Waals surface area contributed by atoms with Crippen LogP contribution in [0.2, 0.25) is 0 Å². The Morgan fingerprint density at radius 1 is 1.29 bits per heavy atom. The largest absolute Gasteiger partial charge is 0.497 e. The molecule has 0 aliphatic carbocycles. The number of benzene rings is 2. The standard InChI is InChI=1S/C14H13N3O4/c1-21-13-7-5-11(6-8-13)15-14(16-18)10-3-2-4-12(9-10)17(19)20/h2-9,18H,1H3,(H,15,16). The van der Waals surface area contributed by atoms with Gasteiger partial charge in [0, 0.05) is 17.7 Å². The summed E-state index contributed by atoms with van der Waals surface area (Å²) in [5.74, 6) is 0.798. The minimum absolute atomic E-state index is 0.0785. The lowest BCUT2D eigenvalue weighted by Crippen LogP contribution is -2.20. The summed E-state index contributed by atoms with van der Waals surface area (Å²) >= 11 is 0. The molecule has 2 rings (SSSR count). The third-order valence-corrected chi connectivity index (χ3v) is 2.75. The van der Waals surface area contributed by atoms with E-state index in [2.05, 4.69) is 4.99 Å². The highest BCUT2D eigenvalue weighted by molar-refractivity contribution is 6.00. The van der Waals surface area contributed by atoms with E-state index in [-0.39, 0.29) is 11.5 Å². The zero-order valence-electron chi connectivity index (χ0n) is 11.2. The molecule has 0 fully saturated rings. The molecule has 21 heavy (non-hydrogen) atoms. The van der Waals surface area contributed by atoms with Crippen LogP contribution in [0.4, 0.5) is 11.4 Å². The van der Waals surface area contributed by atoms with Gasteiger partial charge in [0.05, 0.1) is 17.7 Å². The van der Waals surface area contributed by atoms with Crippen molar-refractivity contribution in [3.63, 3.8) is 0 Å². The van der Waals surface area contributed by atoms with E-state index in [4.69, 9.17) is 4.74 Å². The van der Waals surface area contributed by atoms with Crippen molar-refractivity contribution in [3.05, 3.63) is 64.2 Å². The fourth-order valence-electron chi connectivity index (χ4n) is 1.71. The highest BCUT2D eigenvalue weighted by Gasteiger charge is 2.09. The summed E-state index contributed by atoms with van der Waals surface area (Å²) in [7, 11) is 1.56. The maximum absolute atomic E-state index is 10.8. The second-order valence-corrected chi connectivity index (χ2v) is 4.08.